The van der Waals surface area contributed by atoms with E-state index in [1.165, 1.54) is 11.6 Å². The first-order valence-corrected chi connectivity index (χ1v) is 12.3. The first-order chi connectivity index (χ1) is 17.2. The van der Waals surface area contributed by atoms with Crippen LogP contribution in [0.4, 0.5) is 0 Å². The SMILES string of the molecule is CN(CCc1ccccc1)C(=O)Cc1cccc(CC(C)(C)NCC(O)c2ccc(O)c(CO)n2)c1. The average Bonchev–Trinajstić information content (AvgIpc) is 2.86. The number of rotatable bonds is 12. The summed E-state index contributed by atoms with van der Waals surface area (Å²) in [5.74, 6) is -0.00488. The monoisotopic (exact) mass is 491 g/mol. The summed E-state index contributed by atoms with van der Waals surface area (Å²) in [7, 11) is 1.85. The highest BCUT2D eigenvalue weighted by molar-refractivity contribution is 5.78. The largest absolute Gasteiger partial charge is 0.506 e. The van der Waals surface area contributed by atoms with Crippen LogP contribution in [0.25, 0.3) is 0 Å². The second-order valence-corrected chi connectivity index (χ2v) is 9.87. The van der Waals surface area contributed by atoms with Gasteiger partial charge < -0.3 is 25.5 Å². The number of benzene rings is 2. The third kappa shape index (κ3) is 8.16. The van der Waals surface area contributed by atoms with Gasteiger partial charge in [0.1, 0.15) is 17.5 Å². The highest BCUT2D eigenvalue weighted by Crippen LogP contribution is 2.20. The lowest BCUT2D eigenvalue weighted by molar-refractivity contribution is -0.129. The van der Waals surface area contributed by atoms with E-state index in [4.69, 9.17) is 0 Å². The number of amides is 1. The van der Waals surface area contributed by atoms with E-state index in [2.05, 4.69) is 42.3 Å². The molecule has 0 radical (unpaired) electrons. The Balaban J connectivity index is 1.53. The van der Waals surface area contributed by atoms with Crippen molar-refractivity contribution in [2.75, 3.05) is 20.1 Å². The molecular formula is C29H37N3O4. The number of carbonyl (C=O) groups is 1. The number of carbonyl (C=O) groups excluding carboxylic acids is 1. The number of aromatic hydroxyl groups is 1. The van der Waals surface area contributed by atoms with E-state index < -0.39 is 12.7 Å². The lowest BCUT2D eigenvalue weighted by atomic mass is 9.93. The van der Waals surface area contributed by atoms with Crippen molar-refractivity contribution in [1.82, 2.24) is 15.2 Å². The topological polar surface area (TPSA) is 106 Å². The number of aliphatic hydroxyl groups is 2. The summed E-state index contributed by atoms with van der Waals surface area (Å²) in [5.41, 5.74) is 3.50. The van der Waals surface area contributed by atoms with Gasteiger partial charge in [0, 0.05) is 25.7 Å². The van der Waals surface area contributed by atoms with E-state index in [9.17, 15) is 20.1 Å². The fraction of sp³-hybridized carbons (Fsp3) is 0.379. The minimum Gasteiger partial charge on any atom is -0.506 e. The van der Waals surface area contributed by atoms with Crippen molar-refractivity contribution in [3.05, 3.63) is 94.8 Å². The van der Waals surface area contributed by atoms with Crippen molar-refractivity contribution in [2.24, 2.45) is 0 Å². The van der Waals surface area contributed by atoms with Crippen LogP contribution in [0.5, 0.6) is 5.75 Å². The number of nitrogens with zero attached hydrogens (tertiary/aromatic N) is 2. The molecule has 0 aliphatic rings. The van der Waals surface area contributed by atoms with E-state index >= 15 is 0 Å². The molecule has 0 saturated heterocycles. The van der Waals surface area contributed by atoms with Crippen LogP contribution in [0, 0.1) is 0 Å². The molecule has 1 aromatic heterocycles. The maximum Gasteiger partial charge on any atom is 0.226 e. The molecule has 1 atom stereocenters. The molecule has 0 spiro atoms. The fourth-order valence-electron chi connectivity index (χ4n) is 4.09. The lowest BCUT2D eigenvalue weighted by Gasteiger charge is -2.28. The molecule has 0 saturated carbocycles. The Morgan fingerprint density at radius 2 is 1.72 bits per heavy atom. The first kappa shape index (κ1) is 27.3. The van der Waals surface area contributed by atoms with Gasteiger partial charge >= 0.3 is 0 Å². The molecule has 3 aromatic rings. The molecule has 1 amide bonds. The van der Waals surface area contributed by atoms with E-state index in [-0.39, 0.29) is 29.4 Å². The summed E-state index contributed by atoms with van der Waals surface area (Å²) in [6.45, 7) is 4.65. The van der Waals surface area contributed by atoms with Gasteiger partial charge in [-0.15, -0.1) is 0 Å². The molecule has 1 heterocycles. The van der Waals surface area contributed by atoms with Crippen LogP contribution in [0.2, 0.25) is 0 Å². The summed E-state index contributed by atoms with van der Waals surface area (Å²) < 4.78 is 0. The first-order valence-electron chi connectivity index (χ1n) is 12.3. The number of hydrogen-bond acceptors (Lipinski definition) is 6. The zero-order chi connectivity index (χ0) is 26.1. The predicted molar refractivity (Wildman–Crippen MR) is 140 cm³/mol. The van der Waals surface area contributed by atoms with Gasteiger partial charge in [0.05, 0.1) is 18.7 Å². The Morgan fingerprint density at radius 3 is 2.44 bits per heavy atom. The molecule has 0 bridgehead atoms. The summed E-state index contributed by atoms with van der Waals surface area (Å²) in [5, 5.41) is 32.9. The van der Waals surface area contributed by atoms with Crippen molar-refractivity contribution in [3.8, 4) is 5.75 Å². The van der Waals surface area contributed by atoms with Gasteiger partial charge in [0.15, 0.2) is 0 Å². The van der Waals surface area contributed by atoms with Crippen LogP contribution < -0.4 is 5.32 Å². The quantitative estimate of drug-likeness (QED) is 0.310. The van der Waals surface area contributed by atoms with Crippen LogP contribution in [0.15, 0.2) is 66.7 Å². The van der Waals surface area contributed by atoms with E-state index in [1.54, 1.807) is 11.0 Å². The third-order valence-corrected chi connectivity index (χ3v) is 6.23. The van der Waals surface area contributed by atoms with Crippen LogP contribution >= 0.6 is 0 Å². The zero-order valence-corrected chi connectivity index (χ0v) is 21.3. The Hall–Kier alpha value is -3.26. The van der Waals surface area contributed by atoms with Crippen molar-refractivity contribution >= 4 is 5.91 Å². The van der Waals surface area contributed by atoms with Crippen molar-refractivity contribution in [1.29, 1.82) is 0 Å². The Bertz CT molecular complexity index is 1130. The molecular weight excluding hydrogens is 454 g/mol. The molecule has 2 aromatic carbocycles. The van der Waals surface area contributed by atoms with Crippen LogP contribution in [-0.2, 0) is 30.7 Å². The number of hydrogen-bond donors (Lipinski definition) is 4. The molecule has 3 rings (SSSR count). The van der Waals surface area contributed by atoms with Gasteiger partial charge in [-0.2, -0.15) is 0 Å². The predicted octanol–water partition coefficient (Wildman–Crippen LogP) is 3.17. The minimum atomic E-state index is -0.884. The van der Waals surface area contributed by atoms with E-state index in [0.29, 0.717) is 25.1 Å². The second kappa shape index (κ2) is 12.6. The lowest BCUT2D eigenvalue weighted by Crippen LogP contribution is -2.43. The van der Waals surface area contributed by atoms with Gasteiger partial charge in [0.25, 0.3) is 0 Å². The maximum atomic E-state index is 12.8. The number of nitrogens with one attached hydrogen (secondary N) is 1. The number of pyridine rings is 1. The van der Waals surface area contributed by atoms with Crippen LogP contribution in [-0.4, -0.2) is 56.8 Å². The zero-order valence-electron chi connectivity index (χ0n) is 21.3. The molecule has 0 aliphatic carbocycles. The highest BCUT2D eigenvalue weighted by Gasteiger charge is 2.21. The number of aliphatic hydroxyl groups excluding tert-OH is 2. The van der Waals surface area contributed by atoms with Crippen molar-refractivity contribution in [3.63, 3.8) is 0 Å². The number of likely N-dealkylation sites (N-methyl/N-ethyl adjacent to an activating group) is 1. The third-order valence-electron chi connectivity index (χ3n) is 6.23. The molecule has 0 fully saturated rings. The summed E-state index contributed by atoms with van der Waals surface area (Å²) in [6.07, 6.45) is 1.00. The van der Waals surface area contributed by atoms with Gasteiger partial charge in [-0.25, -0.2) is 4.98 Å². The van der Waals surface area contributed by atoms with Gasteiger partial charge in [-0.3, -0.25) is 4.79 Å². The fourth-order valence-corrected chi connectivity index (χ4v) is 4.09. The molecule has 4 N–H and O–H groups in total. The molecule has 0 aliphatic heterocycles. The second-order valence-electron chi connectivity index (χ2n) is 9.87. The van der Waals surface area contributed by atoms with Gasteiger partial charge in [0.2, 0.25) is 5.91 Å². The summed E-state index contributed by atoms with van der Waals surface area (Å²) >= 11 is 0. The Labute approximate surface area is 213 Å². The molecule has 7 nitrogen and oxygen atoms in total. The summed E-state index contributed by atoms with van der Waals surface area (Å²) in [6, 6.07) is 21.2. The summed E-state index contributed by atoms with van der Waals surface area (Å²) in [4.78, 5) is 18.7. The number of aromatic nitrogens is 1. The molecule has 1 unspecified atom stereocenters. The van der Waals surface area contributed by atoms with E-state index in [0.717, 1.165) is 17.5 Å². The van der Waals surface area contributed by atoms with Gasteiger partial charge in [-0.1, -0.05) is 54.6 Å². The maximum absolute atomic E-state index is 12.8. The molecule has 36 heavy (non-hydrogen) atoms. The van der Waals surface area contributed by atoms with E-state index in [1.807, 2.05) is 43.4 Å². The number of β-amino-alcohol motifs (C(OH)–C–C–N with tert-alkyl or cyclic N) is 1. The van der Waals surface area contributed by atoms with Crippen molar-refractivity contribution < 1.29 is 20.1 Å². The minimum absolute atomic E-state index is 0.0900. The average molecular weight is 492 g/mol. The van der Waals surface area contributed by atoms with Crippen LogP contribution in [0.3, 0.4) is 0 Å². The van der Waals surface area contributed by atoms with Crippen LogP contribution in [0.1, 0.15) is 48.0 Å². The Kier molecular flexibility index (Phi) is 9.58. The van der Waals surface area contributed by atoms with Gasteiger partial charge in [-0.05, 0) is 55.5 Å². The molecule has 192 valence electrons. The smallest absolute Gasteiger partial charge is 0.226 e. The van der Waals surface area contributed by atoms with Crippen molar-refractivity contribution in [2.45, 2.75) is 51.4 Å². The standard InChI is InChI=1S/C29H37N3O4/c1-29(2,30-19-27(35)24-12-13-26(34)25(20-33)31-24)18-23-11-7-10-22(16-23)17-28(36)32(3)15-14-21-8-5-4-6-9-21/h4-13,16,27,30,33-35H,14-15,17-20H2,1-3H3. The normalized spacial score (nSPS) is 12.4. The Morgan fingerprint density at radius 1 is 1.03 bits per heavy atom. The highest BCUT2D eigenvalue weighted by atomic mass is 16.3. The molecule has 7 heteroatoms.